The smallest absolute Gasteiger partial charge is 0.353 e. The lowest BCUT2D eigenvalue weighted by atomic mass is 9.79. The summed E-state index contributed by atoms with van der Waals surface area (Å²) < 4.78 is 0. The first kappa shape index (κ1) is 26.2. The molecular formula is C18H32ClN3O6S. The summed E-state index contributed by atoms with van der Waals surface area (Å²) in [6.45, 7) is 4.94. The highest BCUT2D eigenvalue weighted by atomic mass is 35.5. The number of rotatable bonds is 8. The third kappa shape index (κ3) is 4.73. The summed E-state index contributed by atoms with van der Waals surface area (Å²) in [4.78, 5) is 26.3. The maximum Gasteiger partial charge on any atom is 0.353 e. The van der Waals surface area contributed by atoms with E-state index >= 15 is 0 Å². The lowest BCUT2D eigenvalue weighted by Crippen LogP contribution is -2.63. The van der Waals surface area contributed by atoms with Crippen molar-refractivity contribution in [2.75, 3.05) is 20.1 Å². The Morgan fingerprint density at radius 1 is 1.41 bits per heavy atom. The van der Waals surface area contributed by atoms with Crippen LogP contribution in [0.15, 0.2) is 10.6 Å². The SMILES string of the molecule is CNCC[C@@H](O)[C@@H]1C[C@H](SC2=C(C(=O)O)N3C(=O)[C@H]([C@@H](C)O)[C@H]3[C@H]2C)CN1.Cl.O. The van der Waals surface area contributed by atoms with E-state index in [4.69, 9.17) is 0 Å². The zero-order valence-corrected chi connectivity index (χ0v) is 18.4. The Balaban J connectivity index is 0.00000210. The number of halogens is 1. The van der Waals surface area contributed by atoms with Gasteiger partial charge in [-0.2, -0.15) is 0 Å². The molecule has 1 amide bonds. The molecule has 3 aliphatic rings. The predicted molar refractivity (Wildman–Crippen MR) is 113 cm³/mol. The fourth-order valence-electron chi connectivity index (χ4n) is 4.47. The lowest BCUT2D eigenvalue weighted by molar-refractivity contribution is -0.163. The van der Waals surface area contributed by atoms with Crippen molar-refractivity contribution in [3.05, 3.63) is 10.6 Å². The monoisotopic (exact) mass is 453 g/mol. The quantitative estimate of drug-likeness (QED) is 0.298. The van der Waals surface area contributed by atoms with Gasteiger partial charge in [-0.3, -0.25) is 4.79 Å². The molecule has 3 rings (SSSR count). The minimum atomic E-state index is -1.10. The number of β-lactam (4-membered cyclic amide) rings is 1. The first-order valence-electron chi connectivity index (χ1n) is 9.49. The van der Waals surface area contributed by atoms with Crippen LogP contribution in [0.2, 0.25) is 0 Å². The maximum atomic E-state index is 12.4. The summed E-state index contributed by atoms with van der Waals surface area (Å²) in [6, 6.07) is -0.289. The van der Waals surface area contributed by atoms with Gasteiger partial charge in [0.25, 0.3) is 0 Å². The number of aliphatic hydroxyl groups is 2. The average molecular weight is 454 g/mol. The molecule has 11 heteroatoms. The molecule has 9 nitrogen and oxygen atoms in total. The number of nitrogens with one attached hydrogen (secondary N) is 2. The second-order valence-corrected chi connectivity index (χ2v) is 9.06. The van der Waals surface area contributed by atoms with Gasteiger partial charge >= 0.3 is 5.97 Å². The van der Waals surface area contributed by atoms with Crippen LogP contribution in [0, 0.1) is 11.8 Å². The van der Waals surface area contributed by atoms with E-state index in [1.54, 1.807) is 6.92 Å². The van der Waals surface area contributed by atoms with E-state index in [0.29, 0.717) is 17.9 Å². The third-order valence-electron chi connectivity index (χ3n) is 5.88. The number of hydrogen-bond acceptors (Lipinski definition) is 7. The number of carboxylic acids is 1. The number of carbonyl (C=O) groups excluding carboxylic acids is 1. The van der Waals surface area contributed by atoms with Crippen LogP contribution in [-0.4, -0.2) is 87.3 Å². The highest BCUT2D eigenvalue weighted by Crippen LogP contribution is 2.51. The van der Waals surface area contributed by atoms with Crippen LogP contribution in [-0.2, 0) is 9.59 Å². The van der Waals surface area contributed by atoms with Gasteiger partial charge in [0, 0.05) is 28.7 Å². The molecule has 0 aromatic carbocycles. The van der Waals surface area contributed by atoms with E-state index in [-0.39, 0.29) is 52.7 Å². The van der Waals surface area contributed by atoms with E-state index in [1.807, 2.05) is 14.0 Å². The number of carboxylic acid groups (broad SMARTS) is 1. The van der Waals surface area contributed by atoms with Crippen molar-refractivity contribution in [1.29, 1.82) is 0 Å². The molecule has 0 aromatic heterocycles. The van der Waals surface area contributed by atoms with Crippen molar-refractivity contribution in [2.24, 2.45) is 11.8 Å². The topological polar surface area (TPSA) is 154 Å². The average Bonchev–Trinajstić information content (AvgIpc) is 3.15. The van der Waals surface area contributed by atoms with Gasteiger partial charge in [-0.15, -0.1) is 24.2 Å². The Morgan fingerprint density at radius 2 is 2.07 bits per heavy atom. The molecule has 0 aliphatic carbocycles. The normalized spacial score (nSPS) is 32.8. The molecule has 0 spiro atoms. The summed E-state index contributed by atoms with van der Waals surface area (Å²) in [5.74, 6) is -2.06. The highest BCUT2D eigenvalue weighted by molar-refractivity contribution is 8.03. The summed E-state index contributed by atoms with van der Waals surface area (Å²) in [5, 5.41) is 36.4. The van der Waals surface area contributed by atoms with Crippen molar-refractivity contribution in [1.82, 2.24) is 15.5 Å². The number of hydrogen-bond donors (Lipinski definition) is 5. The number of aliphatic hydroxyl groups excluding tert-OH is 2. The van der Waals surface area contributed by atoms with Crippen molar-refractivity contribution >= 4 is 36.0 Å². The van der Waals surface area contributed by atoms with E-state index in [1.165, 1.54) is 16.7 Å². The molecule has 0 aromatic rings. The second-order valence-electron chi connectivity index (χ2n) is 7.72. The summed E-state index contributed by atoms with van der Waals surface area (Å²) in [7, 11) is 1.85. The molecular weight excluding hydrogens is 422 g/mol. The molecule has 2 fully saturated rings. The first-order valence-corrected chi connectivity index (χ1v) is 10.4. The van der Waals surface area contributed by atoms with E-state index < -0.39 is 24.1 Å². The Bertz CT molecular complexity index is 649. The second kappa shape index (κ2) is 10.4. The van der Waals surface area contributed by atoms with E-state index in [0.717, 1.165) is 13.0 Å². The maximum absolute atomic E-state index is 12.4. The zero-order chi connectivity index (χ0) is 19.9. The van der Waals surface area contributed by atoms with Crippen LogP contribution in [0.1, 0.15) is 26.7 Å². The standard InChI is InChI=1S/C18H29N3O5S.ClH.H2O/c1-8-14-13(9(2)22)17(24)21(14)15(18(25)26)16(8)27-10-6-11(20-7-10)12(23)4-5-19-3;;/h8-14,19-20,22-23H,4-7H2,1-3H3,(H,25,26);1H;1H2/t8-,9-,10+,11+,12-,13-,14-;;/m1../s1. The van der Waals surface area contributed by atoms with Gasteiger partial charge in [0.05, 0.1) is 24.2 Å². The van der Waals surface area contributed by atoms with Gasteiger partial charge in [-0.05, 0) is 33.4 Å². The number of nitrogens with zero attached hydrogens (tertiary/aromatic N) is 1. The Kier molecular flexibility index (Phi) is 9.41. The predicted octanol–water partition coefficient (Wildman–Crippen LogP) is -0.829. The van der Waals surface area contributed by atoms with E-state index in [9.17, 15) is 24.9 Å². The van der Waals surface area contributed by atoms with Crippen LogP contribution in [0.4, 0.5) is 0 Å². The van der Waals surface area contributed by atoms with Gasteiger partial charge in [0.2, 0.25) is 5.91 Å². The third-order valence-corrected chi connectivity index (χ3v) is 7.40. The minimum absolute atomic E-state index is 0. The minimum Gasteiger partial charge on any atom is -0.477 e. The molecule has 7 atom stereocenters. The summed E-state index contributed by atoms with van der Waals surface area (Å²) in [5.41, 5.74) is 0.0681. The van der Waals surface area contributed by atoms with Crippen molar-refractivity contribution < 1.29 is 30.4 Å². The number of amides is 1. The van der Waals surface area contributed by atoms with Crippen LogP contribution < -0.4 is 10.6 Å². The largest absolute Gasteiger partial charge is 0.477 e. The molecule has 3 aliphatic heterocycles. The molecule has 2 saturated heterocycles. The first-order chi connectivity index (χ1) is 12.8. The number of fused-ring (bicyclic) bond motifs is 1. The number of aliphatic carboxylic acids is 1. The molecule has 0 radical (unpaired) electrons. The fourth-order valence-corrected chi connectivity index (χ4v) is 5.96. The van der Waals surface area contributed by atoms with Crippen LogP contribution in [0.3, 0.4) is 0 Å². The summed E-state index contributed by atoms with van der Waals surface area (Å²) in [6.07, 6.45) is 0.168. The molecule has 0 unspecified atom stereocenters. The van der Waals surface area contributed by atoms with Crippen molar-refractivity contribution in [2.45, 2.75) is 56.2 Å². The van der Waals surface area contributed by atoms with E-state index in [2.05, 4.69) is 10.6 Å². The van der Waals surface area contributed by atoms with Crippen LogP contribution >= 0.6 is 24.2 Å². The molecule has 0 bridgehead atoms. The van der Waals surface area contributed by atoms with Gasteiger partial charge in [0.1, 0.15) is 5.70 Å². The molecule has 7 N–H and O–H groups in total. The van der Waals surface area contributed by atoms with Gasteiger partial charge in [-0.1, -0.05) is 6.92 Å². The molecule has 0 saturated carbocycles. The van der Waals surface area contributed by atoms with Crippen LogP contribution in [0.25, 0.3) is 0 Å². The summed E-state index contributed by atoms with van der Waals surface area (Å²) >= 11 is 1.50. The van der Waals surface area contributed by atoms with Crippen molar-refractivity contribution in [3.63, 3.8) is 0 Å². The molecule has 168 valence electrons. The van der Waals surface area contributed by atoms with Gasteiger partial charge in [0.15, 0.2) is 0 Å². The Hall–Kier alpha value is -0.880. The van der Waals surface area contributed by atoms with Gasteiger partial charge < -0.3 is 36.3 Å². The lowest BCUT2D eigenvalue weighted by Gasteiger charge is -2.46. The van der Waals surface area contributed by atoms with Gasteiger partial charge in [-0.25, -0.2) is 4.79 Å². The molecule has 29 heavy (non-hydrogen) atoms. The Morgan fingerprint density at radius 3 is 2.62 bits per heavy atom. The van der Waals surface area contributed by atoms with Crippen molar-refractivity contribution in [3.8, 4) is 0 Å². The highest BCUT2D eigenvalue weighted by Gasteiger charge is 2.60. The van der Waals surface area contributed by atoms with Crippen LogP contribution in [0.5, 0.6) is 0 Å². The zero-order valence-electron chi connectivity index (χ0n) is 16.8. The Labute approximate surface area is 181 Å². The fraction of sp³-hybridized carbons (Fsp3) is 0.778. The number of carbonyl (C=O) groups is 2. The number of thioether (sulfide) groups is 1. The molecule has 3 heterocycles.